The van der Waals surface area contributed by atoms with E-state index in [0.717, 1.165) is 0 Å². The first kappa shape index (κ1) is 27.5. The summed E-state index contributed by atoms with van der Waals surface area (Å²) in [6, 6.07) is 0. The molecular weight excluding hydrogens is 440 g/mol. The summed E-state index contributed by atoms with van der Waals surface area (Å²) in [5.74, 6) is -2.86. The first-order valence-electron chi connectivity index (χ1n) is 11.6. The van der Waals surface area contributed by atoms with Gasteiger partial charge in [-0.25, -0.2) is 0 Å². The first-order chi connectivity index (χ1) is 15.6. The smallest absolute Gasteiger partial charge is 0.308 e. The van der Waals surface area contributed by atoms with Gasteiger partial charge in [0.15, 0.2) is 5.76 Å². The van der Waals surface area contributed by atoms with E-state index in [4.69, 9.17) is 14.2 Å². The van der Waals surface area contributed by atoms with Gasteiger partial charge in [0.25, 0.3) is 0 Å². The number of Topliss-reactive ketones (excluding diaryl/α,β-unsaturated/α-hetero) is 2. The Labute approximate surface area is 201 Å². The van der Waals surface area contributed by atoms with E-state index in [9.17, 15) is 24.0 Å². The molecule has 2 rings (SSSR count). The van der Waals surface area contributed by atoms with Crippen LogP contribution in [-0.4, -0.2) is 42.2 Å². The van der Waals surface area contributed by atoms with E-state index in [1.54, 1.807) is 33.8 Å². The van der Waals surface area contributed by atoms with Gasteiger partial charge in [0.2, 0.25) is 5.78 Å². The van der Waals surface area contributed by atoms with Crippen LogP contribution >= 0.6 is 0 Å². The number of carbonyl (C=O) groups is 5. The fraction of sp³-hybridized carbons (Fsp3) is 0.654. The highest BCUT2D eigenvalue weighted by molar-refractivity contribution is 6.04. The number of allylic oxidation sites excluding steroid dienone is 2. The second-order valence-corrected chi connectivity index (χ2v) is 10.2. The largest absolute Gasteiger partial charge is 0.462 e. The summed E-state index contributed by atoms with van der Waals surface area (Å²) < 4.78 is 16.0. The summed E-state index contributed by atoms with van der Waals surface area (Å²) >= 11 is 0. The Morgan fingerprint density at radius 3 is 2.18 bits per heavy atom. The van der Waals surface area contributed by atoms with E-state index < -0.39 is 40.8 Å². The van der Waals surface area contributed by atoms with Crippen molar-refractivity contribution in [2.24, 2.45) is 22.7 Å². The molecule has 1 fully saturated rings. The molecule has 0 aliphatic heterocycles. The van der Waals surface area contributed by atoms with E-state index in [1.165, 1.54) is 20.8 Å². The van der Waals surface area contributed by atoms with Crippen molar-refractivity contribution in [1.82, 2.24) is 0 Å². The molecule has 0 saturated heterocycles. The Bertz CT molecular complexity index is 954. The summed E-state index contributed by atoms with van der Waals surface area (Å²) in [6.07, 6.45) is 2.17. The van der Waals surface area contributed by atoms with Crippen molar-refractivity contribution in [2.75, 3.05) is 6.61 Å². The predicted octanol–water partition coefficient (Wildman–Crippen LogP) is 3.87. The number of hydrogen-bond donors (Lipinski definition) is 0. The molecule has 0 aromatic carbocycles. The van der Waals surface area contributed by atoms with Gasteiger partial charge in [0.1, 0.15) is 18.5 Å². The van der Waals surface area contributed by atoms with Crippen molar-refractivity contribution in [2.45, 2.75) is 80.8 Å². The van der Waals surface area contributed by atoms with Gasteiger partial charge in [-0.15, -0.1) is 0 Å². The van der Waals surface area contributed by atoms with Gasteiger partial charge in [-0.1, -0.05) is 20.8 Å². The second kappa shape index (κ2) is 10.2. The first-order valence-corrected chi connectivity index (χ1v) is 11.6. The third kappa shape index (κ3) is 5.47. The third-order valence-corrected chi connectivity index (χ3v) is 7.36. The maximum atomic E-state index is 13.6. The maximum absolute atomic E-state index is 13.6. The quantitative estimate of drug-likeness (QED) is 0.309. The highest BCUT2D eigenvalue weighted by atomic mass is 16.5. The van der Waals surface area contributed by atoms with Crippen LogP contribution in [0.3, 0.4) is 0 Å². The van der Waals surface area contributed by atoms with Crippen LogP contribution in [0.4, 0.5) is 0 Å². The molecule has 0 aromatic heterocycles. The molecule has 8 heteroatoms. The predicted molar refractivity (Wildman–Crippen MR) is 123 cm³/mol. The molecule has 2 aliphatic rings. The van der Waals surface area contributed by atoms with Crippen LogP contribution in [0.25, 0.3) is 0 Å². The third-order valence-electron chi connectivity index (χ3n) is 7.36. The van der Waals surface area contributed by atoms with Gasteiger partial charge in [-0.05, 0) is 55.2 Å². The topological polar surface area (TPSA) is 113 Å². The summed E-state index contributed by atoms with van der Waals surface area (Å²) in [5, 5.41) is 0. The second-order valence-electron chi connectivity index (χ2n) is 10.2. The Morgan fingerprint density at radius 1 is 1.03 bits per heavy atom. The van der Waals surface area contributed by atoms with Crippen molar-refractivity contribution in [3.05, 3.63) is 23.0 Å². The Balaban J connectivity index is 2.59. The molecule has 0 radical (unpaired) electrons. The molecule has 8 nitrogen and oxygen atoms in total. The van der Waals surface area contributed by atoms with Crippen LogP contribution < -0.4 is 0 Å². The summed E-state index contributed by atoms with van der Waals surface area (Å²) in [4.78, 5) is 61.3. The minimum atomic E-state index is -0.939. The van der Waals surface area contributed by atoms with Crippen molar-refractivity contribution >= 4 is 29.5 Å². The fourth-order valence-electron chi connectivity index (χ4n) is 5.70. The molecule has 34 heavy (non-hydrogen) atoms. The van der Waals surface area contributed by atoms with Crippen LogP contribution in [0.15, 0.2) is 23.0 Å². The minimum absolute atomic E-state index is 0.00204. The van der Waals surface area contributed by atoms with Crippen LogP contribution in [0, 0.1) is 22.7 Å². The highest BCUT2D eigenvalue weighted by Gasteiger charge is 2.61. The Kier molecular flexibility index (Phi) is 8.27. The van der Waals surface area contributed by atoms with Crippen LogP contribution in [0.1, 0.15) is 74.7 Å². The van der Waals surface area contributed by atoms with E-state index in [2.05, 4.69) is 0 Å². The van der Waals surface area contributed by atoms with E-state index >= 15 is 0 Å². The standard InChI is InChI=1S/C26H36O8/c1-14(10-12-32-16(3)27)20(33-17(4)28)13-19-15(2)23(34-18(5)29)22(31)24-25(6,7)21(30)9-11-26(19,24)8/h10,19-20,24H,9,11-13H2,1-8H3/b14-10+. The molecule has 2 aliphatic carbocycles. The SMILES string of the molecule is CC(=O)OC/C=C(\C)C(CC1C(C)=C(OC(C)=O)C(=O)C2C(C)(C)C(=O)CCC12C)OC(C)=O. The summed E-state index contributed by atoms with van der Waals surface area (Å²) in [6.45, 7) is 13.0. The van der Waals surface area contributed by atoms with Gasteiger partial charge >= 0.3 is 17.9 Å². The van der Waals surface area contributed by atoms with E-state index in [0.29, 0.717) is 30.4 Å². The van der Waals surface area contributed by atoms with Gasteiger partial charge in [0.05, 0.1) is 0 Å². The summed E-state index contributed by atoms with van der Waals surface area (Å²) in [7, 11) is 0. The average molecular weight is 477 g/mol. The minimum Gasteiger partial charge on any atom is -0.462 e. The molecule has 188 valence electrons. The monoisotopic (exact) mass is 476 g/mol. The van der Waals surface area contributed by atoms with Crippen molar-refractivity contribution in [3.63, 3.8) is 0 Å². The number of rotatable bonds is 7. The van der Waals surface area contributed by atoms with E-state index in [1.807, 2.05) is 6.92 Å². The lowest BCUT2D eigenvalue weighted by molar-refractivity contribution is -0.159. The molecule has 0 amide bonds. The molecule has 0 bridgehead atoms. The number of ketones is 2. The lowest BCUT2D eigenvalue weighted by Gasteiger charge is -2.55. The highest BCUT2D eigenvalue weighted by Crippen LogP contribution is 2.60. The van der Waals surface area contributed by atoms with Crippen molar-refractivity contribution < 1.29 is 38.2 Å². The zero-order valence-electron chi connectivity index (χ0n) is 21.4. The number of fused-ring (bicyclic) bond motifs is 1. The molecule has 4 atom stereocenters. The van der Waals surface area contributed by atoms with Crippen LogP contribution in [0.2, 0.25) is 0 Å². The number of esters is 3. The number of hydrogen-bond acceptors (Lipinski definition) is 8. The molecule has 0 N–H and O–H groups in total. The molecule has 0 aromatic rings. The fourth-order valence-corrected chi connectivity index (χ4v) is 5.70. The Morgan fingerprint density at radius 2 is 1.65 bits per heavy atom. The zero-order chi connectivity index (χ0) is 26.0. The Hall–Kier alpha value is -2.77. The van der Waals surface area contributed by atoms with Gasteiger partial charge in [-0.2, -0.15) is 0 Å². The van der Waals surface area contributed by atoms with E-state index in [-0.39, 0.29) is 29.9 Å². The van der Waals surface area contributed by atoms with Gasteiger partial charge in [0, 0.05) is 38.5 Å². The lowest BCUT2D eigenvalue weighted by Crippen LogP contribution is -2.57. The number of ether oxygens (including phenoxy) is 3. The van der Waals surface area contributed by atoms with Crippen LogP contribution in [0.5, 0.6) is 0 Å². The molecule has 4 unspecified atom stereocenters. The summed E-state index contributed by atoms with van der Waals surface area (Å²) in [5.41, 5.74) is -0.252. The number of carbonyl (C=O) groups excluding carboxylic acids is 5. The molecule has 1 saturated carbocycles. The van der Waals surface area contributed by atoms with Crippen molar-refractivity contribution in [3.8, 4) is 0 Å². The van der Waals surface area contributed by atoms with Crippen LogP contribution in [-0.2, 0) is 38.2 Å². The molecule has 0 spiro atoms. The van der Waals surface area contributed by atoms with Crippen molar-refractivity contribution in [1.29, 1.82) is 0 Å². The molecule has 0 heterocycles. The van der Waals surface area contributed by atoms with Gasteiger partial charge in [-0.3, -0.25) is 24.0 Å². The maximum Gasteiger partial charge on any atom is 0.308 e. The zero-order valence-corrected chi connectivity index (χ0v) is 21.4. The molecular formula is C26H36O8. The normalized spacial score (nSPS) is 27.6. The van der Waals surface area contributed by atoms with Gasteiger partial charge < -0.3 is 14.2 Å². The average Bonchev–Trinajstić information content (AvgIpc) is 2.69. The lowest BCUT2D eigenvalue weighted by atomic mass is 9.47.